The van der Waals surface area contributed by atoms with Crippen LogP contribution in [0.3, 0.4) is 0 Å². The Morgan fingerprint density at radius 3 is 1.17 bits per heavy atom. The molecule has 0 saturated carbocycles. The highest BCUT2D eigenvalue weighted by Gasteiger charge is 2.37. The van der Waals surface area contributed by atoms with Gasteiger partial charge in [0.2, 0.25) is 0 Å². The minimum atomic E-state index is -2.36. The van der Waals surface area contributed by atoms with Crippen LogP contribution in [0.1, 0.15) is 80.1 Å². The van der Waals surface area contributed by atoms with E-state index < -0.39 is 24.9 Å². The monoisotopic (exact) mass is 482 g/mol. The lowest BCUT2D eigenvalue weighted by Gasteiger charge is -2.36. The normalized spacial score (nSPS) is 14.0. The van der Waals surface area contributed by atoms with Crippen molar-refractivity contribution in [3.8, 4) is 0 Å². The lowest BCUT2D eigenvalue weighted by Crippen LogP contribution is -2.40. The van der Waals surface area contributed by atoms with Crippen LogP contribution in [0, 0.1) is 0 Å². The summed E-state index contributed by atoms with van der Waals surface area (Å²) in [4.78, 5) is 0. The molecule has 8 heteroatoms. The third kappa shape index (κ3) is 13.1. The smallest absolute Gasteiger partial charge is 0.319 e. The lowest BCUT2D eigenvalue weighted by atomic mass is 10.2. The maximum atomic E-state index is 11.8. The van der Waals surface area contributed by atoms with Crippen LogP contribution < -0.4 is 0 Å². The van der Waals surface area contributed by atoms with Crippen LogP contribution in [-0.2, 0) is 22.5 Å². The van der Waals surface area contributed by atoms with Gasteiger partial charge in [0.05, 0.1) is 13.2 Å². The fourth-order valence-electron chi connectivity index (χ4n) is 2.20. The highest BCUT2D eigenvalue weighted by atomic mass is 31.1. The Morgan fingerprint density at radius 1 is 0.567 bits per heavy atom. The summed E-state index contributed by atoms with van der Waals surface area (Å²) >= 11 is 0. The molecule has 0 spiro atoms. The van der Waals surface area contributed by atoms with Crippen molar-refractivity contribution < 1.29 is 22.5 Å². The van der Waals surface area contributed by atoms with Crippen molar-refractivity contribution in [1.29, 1.82) is 0 Å². The first kappa shape index (κ1) is 30.5. The highest BCUT2D eigenvalue weighted by Crippen LogP contribution is 2.37. The van der Waals surface area contributed by atoms with Crippen molar-refractivity contribution in [3.05, 3.63) is 0 Å². The maximum Gasteiger partial charge on any atom is 0.319 e. The van der Waals surface area contributed by atoms with Gasteiger partial charge in [-0.15, -0.1) is 0 Å². The fourth-order valence-corrected chi connectivity index (χ4v) is 5.08. The molecule has 0 amide bonds. The Kier molecular flexibility index (Phi) is 14.1. The molecule has 0 aromatic rings. The van der Waals surface area contributed by atoms with Crippen LogP contribution in [0.4, 0.5) is 0 Å². The number of unbranched alkanes of at least 4 members (excludes halogenated alkanes) is 4. The molecule has 0 rings (SSSR count). The molecule has 0 aromatic carbocycles. The minimum absolute atomic E-state index is 0.255. The molecule has 182 valence electrons. The molecule has 0 radical (unpaired) electrons. The summed E-state index contributed by atoms with van der Waals surface area (Å²) < 4.78 is 34.8. The Labute approximate surface area is 190 Å². The summed E-state index contributed by atoms with van der Waals surface area (Å²) in [6, 6.07) is 0. The van der Waals surface area contributed by atoms with Gasteiger partial charge in [0.1, 0.15) is 0 Å². The summed E-state index contributed by atoms with van der Waals surface area (Å²) in [7, 11) is -5.64. The van der Waals surface area contributed by atoms with Gasteiger partial charge in [-0.05, 0) is 74.8 Å². The molecule has 0 aliphatic heterocycles. The van der Waals surface area contributed by atoms with E-state index >= 15 is 0 Å². The molecule has 0 aliphatic rings. The largest absolute Gasteiger partial charge is 0.417 e. The molecule has 5 nitrogen and oxygen atoms in total. The fraction of sp³-hybridized carbons (Fsp3) is 1.00. The van der Waals surface area contributed by atoms with Crippen molar-refractivity contribution >= 4 is 24.9 Å². The SMILES string of the molecule is CC(C)(C)[Si](C)(C)OCCCCCO[PH](=O)OCCCCCO[Si](C)(C)C(C)(C)C. The zero-order valence-corrected chi connectivity index (χ0v) is 24.6. The zero-order chi connectivity index (χ0) is 23.5. The van der Waals surface area contributed by atoms with Gasteiger partial charge in [-0.3, -0.25) is 4.57 Å². The van der Waals surface area contributed by atoms with Gasteiger partial charge in [0.25, 0.3) is 0 Å². The Morgan fingerprint density at radius 2 is 0.867 bits per heavy atom. The predicted octanol–water partition coefficient (Wildman–Crippen LogP) is 7.79. The van der Waals surface area contributed by atoms with Crippen LogP contribution in [0.5, 0.6) is 0 Å². The van der Waals surface area contributed by atoms with E-state index in [2.05, 4.69) is 67.7 Å². The van der Waals surface area contributed by atoms with Gasteiger partial charge in [0.15, 0.2) is 16.6 Å². The molecule has 0 atom stereocenters. The lowest BCUT2D eigenvalue weighted by molar-refractivity contribution is 0.212. The van der Waals surface area contributed by atoms with Gasteiger partial charge in [-0.1, -0.05) is 41.5 Å². The molecule has 0 aliphatic carbocycles. The second-order valence-corrected chi connectivity index (χ2v) is 22.0. The number of rotatable bonds is 16. The van der Waals surface area contributed by atoms with E-state index in [-0.39, 0.29) is 10.1 Å². The van der Waals surface area contributed by atoms with Crippen molar-refractivity contribution in [2.24, 2.45) is 0 Å². The van der Waals surface area contributed by atoms with Crippen molar-refractivity contribution in [2.45, 2.75) is 116 Å². The topological polar surface area (TPSA) is 54.0 Å². The van der Waals surface area contributed by atoms with E-state index in [0.717, 1.165) is 51.7 Å². The number of hydrogen-bond acceptors (Lipinski definition) is 5. The van der Waals surface area contributed by atoms with E-state index in [1.165, 1.54) is 0 Å². The first-order valence-corrected chi connectivity index (χ1v) is 18.7. The summed E-state index contributed by atoms with van der Waals surface area (Å²) in [5.41, 5.74) is 0. The third-order valence-corrected chi connectivity index (χ3v) is 16.5. The summed E-state index contributed by atoms with van der Waals surface area (Å²) in [6.07, 6.45) is 5.88. The van der Waals surface area contributed by atoms with Gasteiger partial charge in [-0.2, -0.15) is 0 Å². The average Bonchev–Trinajstić information content (AvgIpc) is 2.57. The Balaban J connectivity index is 3.59. The number of hydrogen-bond donors (Lipinski definition) is 0. The van der Waals surface area contributed by atoms with E-state index in [1.54, 1.807) is 0 Å². The quantitative estimate of drug-likeness (QED) is 0.128. The molecular weight excluding hydrogens is 431 g/mol. The van der Waals surface area contributed by atoms with Crippen LogP contribution in [0.25, 0.3) is 0 Å². The molecule has 0 fully saturated rings. The summed E-state index contributed by atoms with van der Waals surface area (Å²) in [5.74, 6) is 0. The minimum Gasteiger partial charge on any atom is -0.417 e. The molecular formula is C22H51O5PSi2. The molecule has 30 heavy (non-hydrogen) atoms. The van der Waals surface area contributed by atoms with Crippen LogP contribution in [-0.4, -0.2) is 43.1 Å². The second-order valence-electron chi connectivity index (χ2n) is 11.3. The summed E-state index contributed by atoms with van der Waals surface area (Å²) in [5, 5.41) is 0.510. The van der Waals surface area contributed by atoms with Gasteiger partial charge in [0, 0.05) is 13.2 Å². The standard InChI is InChI=1S/C22H51O5PSi2/c1-21(2,3)29(7,8)26-19-15-11-13-17-24-28(23)25-18-14-12-16-20-27-30(9,10)22(4,5)6/h28H,11-20H2,1-10H3. The average molecular weight is 483 g/mol. The van der Waals surface area contributed by atoms with Gasteiger partial charge in [-0.25, -0.2) is 0 Å². The van der Waals surface area contributed by atoms with Crippen LogP contribution in [0.2, 0.25) is 36.3 Å². The zero-order valence-electron chi connectivity index (χ0n) is 21.6. The van der Waals surface area contributed by atoms with Gasteiger partial charge < -0.3 is 17.9 Å². The molecule has 0 heterocycles. The molecule has 0 aromatic heterocycles. The Hall–Kier alpha value is 0.504. The van der Waals surface area contributed by atoms with Crippen LogP contribution in [0.15, 0.2) is 0 Å². The second kappa shape index (κ2) is 13.9. The van der Waals surface area contributed by atoms with E-state index in [4.69, 9.17) is 17.9 Å². The third-order valence-electron chi connectivity index (χ3n) is 6.56. The molecule has 0 bridgehead atoms. The molecule has 0 saturated heterocycles. The maximum absolute atomic E-state index is 11.8. The van der Waals surface area contributed by atoms with Crippen molar-refractivity contribution in [2.75, 3.05) is 26.4 Å². The first-order valence-electron chi connectivity index (χ1n) is 11.7. The first-order chi connectivity index (χ1) is 13.6. The van der Waals surface area contributed by atoms with Crippen LogP contribution >= 0.6 is 8.25 Å². The van der Waals surface area contributed by atoms with E-state index in [9.17, 15) is 4.57 Å². The molecule has 0 N–H and O–H groups in total. The summed E-state index contributed by atoms with van der Waals surface area (Å²) in [6.45, 7) is 25.3. The van der Waals surface area contributed by atoms with E-state index in [0.29, 0.717) is 13.2 Å². The van der Waals surface area contributed by atoms with Gasteiger partial charge >= 0.3 is 8.25 Å². The highest BCUT2D eigenvalue weighted by molar-refractivity contribution is 7.33. The predicted molar refractivity (Wildman–Crippen MR) is 135 cm³/mol. The molecule has 0 unspecified atom stereocenters. The van der Waals surface area contributed by atoms with Crippen molar-refractivity contribution in [1.82, 2.24) is 0 Å². The Bertz CT molecular complexity index is 443. The van der Waals surface area contributed by atoms with Crippen molar-refractivity contribution in [3.63, 3.8) is 0 Å². The van der Waals surface area contributed by atoms with E-state index in [1.807, 2.05) is 0 Å².